The molecule has 2 N–H and O–H groups in total. The summed E-state index contributed by atoms with van der Waals surface area (Å²) in [7, 11) is -2.20. The smallest absolute Gasteiger partial charge is 0.267 e. The van der Waals surface area contributed by atoms with Gasteiger partial charge in [-0.25, -0.2) is 8.42 Å². The van der Waals surface area contributed by atoms with E-state index in [1.54, 1.807) is 12.1 Å². The fraction of sp³-hybridized carbons (Fsp3) is 0.154. The minimum absolute atomic E-state index is 0.0121. The summed E-state index contributed by atoms with van der Waals surface area (Å²) in [6.07, 6.45) is 2.72. The number of aryl methyl sites for hydroxylation is 1. The van der Waals surface area contributed by atoms with Gasteiger partial charge in [0.05, 0.1) is 11.4 Å². The van der Waals surface area contributed by atoms with Crippen molar-refractivity contribution in [3.8, 4) is 0 Å². The number of hydrogen-bond acceptors (Lipinski definition) is 4. The van der Waals surface area contributed by atoms with Gasteiger partial charge < -0.3 is 5.73 Å². The first-order valence-corrected chi connectivity index (χ1v) is 7.12. The average molecular weight is 277 g/mol. The summed E-state index contributed by atoms with van der Waals surface area (Å²) < 4.78 is 26.1. The number of aromatic nitrogens is 1. The van der Waals surface area contributed by atoms with Crippen molar-refractivity contribution in [3.05, 3.63) is 48.3 Å². The summed E-state index contributed by atoms with van der Waals surface area (Å²) >= 11 is 0. The van der Waals surface area contributed by atoms with Crippen LogP contribution in [-0.2, 0) is 10.0 Å². The molecule has 6 heteroatoms. The van der Waals surface area contributed by atoms with Crippen LogP contribution in [0.1, 0.15) is 5.56 Å². The van der Waals surface area contributed by atoms with E-state index in [0.717, 1.165) is 5.56 Å². The zero-order chi connectivity index (χ0) is 14.0. The topological polar surface area (TPSA) is 76.3 Å². The van der Waals surface area contributed by atoms with Crippen LogP contribution in [0.2, 0.25) is 0 Å². The molecule has 1 aromatic carbocycles. The lowest BCUT2D eigenvalue weighted by Gasteiger charge is -2.20. The minimum Gasteiger partial charge on any atom is -0.398 e. The molecule has 0 bridgehead atoms. The summed E-state index contributed by atoms with van der Waals surface area (Å²) in [6, 6.07) is 8.68. The molecule has 19 heavy (non-hydrogen) atoms. The van der Waals surface area contributed by atoms with E-state index < -0.39 is 10.0 Å². The van der Waals surface area contributed by atoms with Crippen molar-refractivity contribution < 1.29 is 8.42 Å². The van der Waals surface area contributed by atoms with Crippen molar-refractivity contribution in [3.63, 3.8) is 0 Å². The third-order valence-corrected chi connectivity index (χ3v) is 4.68. The highest BCUT2D eigenvalue weighted by atomic mass is 32.2. The minimum atomic E-state index is -3.69. The van der Waals surface area contributed by atoms with Crippen LogP contribution in [0, 0.1) is 6.92 Å². The van der Waals surface area contributed by atoms with Gasteiger partial charge in [0.15, 0.2) is 0 Å². The highest BCUT2D eigenvalue weighted by molar-refractivity contribution is 7.93. The highest BCUT2D eigenvalue weighted by Gasteiger charge is 2.23. The first-order valence-electron chi connectivity index (χ1n) is 5.68. The van der Waals surface area contributed by atoms with Crippen molar-refractivity contribution in [2.45, 2.75) is 11.8 Å². The van der Waals surface area contributed by atoms with E-state index in [1.165, 1.54) is 29.8 Å². The number of nitrogens with two attached hydrogens (primary N) is 1. The lowest BCUT2D eigenvalue weighted by molar-refractivity contribution is 0.594. The largest absolute Gasteiger partial charge is 0.398 e. The predicted molar refractivity (Wildman–Crippen MR) is 75.4 cm³/mol. The summed E-state index contributed by atoms with van der Waals surface area (Å²) in [5.74, 6) is 0. The summed E-state index contributed by atoms with van der Waals surface area (Å²) in [6.45, 7) is 1.94. The molecule has 0 aliphatic carbocycles. The maximum Gasteiger partial charge on any atom is 0.267 e. The zero-order valence-corrected chi connectivity index (χ0v) is 11.6. The SMILES string of the molecule is Cc1ccc(N(C)S(=O)(=O)c2cnccc2N)cc1. The van der Waals surface area contributed by atoms with Crippen LogP contribution in [-0.4, -0.2) is 20.4 Å². The molecule has 0 saturated heterocycles. The van der Waals surface area contributed by atoms with Crippen LogP contribution in [0.25, 0.3) is 0 Å². The molecule has 5 nitrogen and oxygen atoms in total. The third kappa shape index (κ3) is 2.53. The Morgan fingerprint density at radius 3 is 2.37 bits per heavy atom. The normalized spacial score (nSPS) is 11.3. The van der Waals surface area contributed by atoms with Crippen molar-refractivity contribution >= 4 is 21.4 Å². The molecule has 0 spiro atoms. The molecule has 2 rings (SSSR count). The molecule has 1 heterocycles. The Labute approximate surface area is 112 Å². The molecule has 2 aromatic rings. The van der Waals surface area contributed by atoms with Gasteiger partial charge in [-0.3, -0.25) is 9.29 Å². The molecule has 0 fully saturated rings. The Balaban J connectivity index is 2.45. The quantitative estimate of drug-likeness (QED) is 0.928. The monoisotopic (exact) mass is 277 g/mol. The highest BCUT2D eigenvalue weighted by Crippen LogP contribution is 2.25. The van der Waals surface area contributed by atoms with Crippen LogP contribution in [0.3, 0.4) is 0 Å². The van der Waals surface area contributed by atoms with E-state index in [0.29, 0.717) is 5.69 Å². The summed E-state index contributed by atoms with van der Waals surface area (Å²) in [5, 5.41) is 0. The maximum atomic E-state index is 12.4. The van der Waals surface area contributed by atoms with E-state index in [1.807, 2.05) is 19.1 Å². The number of hydrogen-bond donors (Lipinski definition) is 1. The molecule has 1 aromatic heterocycles. The Morgan fingerprint density at radius 1 is 1.16 bits per heavy atom. The number of nitrogen functional groups attached to an aromatic ring is 1. The maximum absolute atomic E-state index is 12.4. The fourth-order valence-corrected chi connectivity index (χ4v) is 2.90. The van der Waals surface area contributed by atoms with Crippen LogP contribution in [0.5, 0.6) is 0 Å². The van der Waals surface area contributed by atoms with E-state index in [4.69, 9.17) is 5.73 Å². The Bertz CT molecular complexity index is 681. The first-order chi connectivity index (χ1) is 8.93. The summed E-state index contributed by atoms with van der Waals surface area (Å²) in [5.41, 5.74) is 7.53. The second-order valence-corrected chi connectivity index (χ2v) is 6.16. The van der Waals surface area contributed by atoms with Gasteiger partial charge in [-0.1, -0.05) is 17.7 Å². The van der Waals surface area contributed by atoms with Gasteiger partial charge in [-0.2, -0.15) is 0 Å². The van der Waals surface area contributed by atoms with Gasteiger partial charge in [0.25, 0.3) is 10.0 Å². The zero-order valence-electron chi connectivity index (χ0n) is 10.7. The molecule has 100 valence electrons. The molecular formula is C13H15N3O2S. The van der Waals surface area contributed by atoms with Crippen molar-refractivity contribution in [1.29, 1.82) is 0 Å². The van der Waals surface area contributed by atoms with Crippen LogP contribution < -0.4 is 10.0 Å². The van der Waals surface area contributed by atoms with Crippen LogP contribution >= 0.6 is 0 Å². The number of benzene rings is 1. The van der Waals surface area contributed by atoms with Crippen LogP contribution in [0.4, 0.5) is 11.4 Å². The lowest BCUT2D eigenvalue weighted by Crippen LogP contribution is -2.27. The fourth-order valence-electron chi connectivity index (χ4n) is 1.65. The van der Waals surface area contributed by atoms with Crippen molar-refractivity contribution in [2.24, 2.45) is 0 Å². The predicted octanol–water partition coefficient (Wildman–Crippen LogP) is 1.80. The van der Waals surface area contributed by atoms with Gasteiger partial charge in [-0.05, 0) is 25.1 Å². The first kappa shape index (κ1) is 13.4. The molecule has 0 unspecified atom stereocenters. The van der Waals surface area contributed by atoms with E-state index >= 15 is 0 Å². The summed E-state index contributed by atoms with van der Waals surface area (Å²) in [4.78, 5) is 3.83. The van der Waals surface area contributed by atoms with Gasteiger partial charge in [0.2, 0.25) is 0 Å². The molecule has 0 saturated carbocycles. The van der Waals surface area contributed by atoms with E-state index in [2.05, 4.69) is 4.98 Å². The van der Waals surface area contributed by atoms with Gasteiger partial charge in [0, 0.05) is 19.4 Å². The number of rotatable bonds is 3. The van der Waals surface area contributed by atoms with Crippen molar-refractivity contribution in [1.82, 2.24) is 4.98 Å². The molecule has 0 aliphatic rings. The van der Waals surface area contributed by atoms with Crippen molar-refractivity contribution in [2.75, 3.05) is 17.1 Å². The van der Waals surface area contributed by atoms with Gasteiger partial charge >= 0.3 is 0 Å². The van der Waals surface area contributed by atoms with E-state index in [-0.39, 0.29) is 10.6 Å². The average Bonchev–Trinajstić information content (AvgIpc) is 2.39. The lowest BCUT2D eigenvalue weighted by atomic mass is 10.2. The number of anilines is 2. The van der Waals surface area contributed by atoms with Crippen LogP contribution in [0.15, 0.2) is 47.6 Å². The third-order valence-electron chi connectivity index (χ3n) is 2.85. The Kier molecular flexibility index (Phi) is 3.44. The van der Waals surface area contributed by atoms with Gasteiger partial charge in [-0.15, -0.1) is 0 Å². The molecular weight excluding hydrogens is 262 g/mol. The number of pyridine rings is 1. The van der Waals surface area contributed by atoms with E-state index in [9.17, 15) is 8.42 Å². The number of sulfonamides is 1. The number of nitrogens with zero attached hydrogens (tertiary/aromatic N) is 2. The second-order valence-electron chi connectivity index (χ2n) is 4.22. The second kappa shape index (κ2) is 4.89. The molecule has 0 atom stereocenters. The molecule has 0 amide bonds. The molecule has 0 aliphatic heterocycles. The molecule has 0 radical (unpaired) electrons. The Hall–Kier alpha value is -2.08. The van der Waals surface area contributed by atoms with Gasteiger partial charge in [0.1, 0.15) is 4.90 Å². The Morgan fingerprint density at radius 2 is 1.79 bits per heavy atom. The standard InChI is InChI=1S/C13H15N3O2S/c1-10-3-5-11(6-4-10)16(2)19(17,18)13-9-15-8-7-12(13)14/h3-9H,1-2H3,(H2,14,15).